The van der Waals surface area contributed by atoms with E-state index in [4.69, 9.17) is 24.6 Å². The zero-order valence-electron chi connectivity index (χ0n) is 26.8. The Morgan fingerprint density at radius 3 is 1.51 bits per heavy atom. The molecule has 0 radical (unpaired) electrons. The normalized spacial score (nSPS) is 15.4. The van der Waals surface area contributed by atoms with Crippen molar-refractivity contribution in [2.75, 3.05) is 5.23 Å². The van der Waals surface area contributed by atoms with E-state index in [9.17, 15) is 0 Å². The van der Waals surface area contributed by atoms with Crippen molar-refractivity contribution in [2.45, 2.75) is 38.9 Å². The van der Waals surface area contributed by atoms with Crippen LogP contribution in [0.3, 0.4) is 0 Å². The van der Waals surface area contributed by atoms with Gasteiger partial charge in [0.15, 0.2) is 17.5 Å². The van der Waals surface area contributed by atoms with Crippen molar-refractivity contribution in [1.29, 1.82) is 0 Å². The van der Waals surface area contributed by atoms with Crippen molar-refractivity contribution >= 4 is 27.2 Å². The first kappa shape index (κ1) is 29.0. The fourth-order valence-electron chi connectivity index (χ4n) is 5.99. The van der Waals surface area contributed by atoms with Gasteiger partial charge in [-0.25, -0.2) is 24.6 Å². The average molecular weight is 615 g/mol. The molecule has 0 bridgehead atoms. The first-order chi connectivity index (χ1) is 22.8. The molecule has 8 rings (SSSR count). The molecule has 0 unspecified atom stereocenters. The quantitative estimate of drug-likeness (QED) is 0.180. The second kappa shape index (κ2) is 11.1. The smallest absolute Gasteiger partial charge is 0.164 e. The number of benzene rings is 6. The number of nitrogens with zero attached hydrogens (tertiary/aromatic N) is 4. The third kappa shape index (κ3) is 5.22. The Labute approximate surface area is 274 Å². The van der Waals surface area contributed by atoms with Gasteiger partial charge in [0.2, 0.25) is 0 Å². The number of aromatic nitrogens is 3. The molecule has 0 aliphatic carbocycles. The Bertz CT molecular complexity index is 2190. The van der Waals surface area contributed by atoms with E-state index in [0.717, 1.165) is 38.9 Å². The number of rotatable bonds is 5. The molecule has 0 spiro atoms. The molecule has 230 valence electrons. The van der Waals surface area contributed by atoms with Crippen LogP contribution in [0, 0.1) is 0 Å². The summed E-state index contributed by atoms with van der Waals surface area (Å²) >= 11 is 0. The lowest BCUT2D eigenvalue weighted by molar-refractivity contribution is -0.0272. The van der Waals surface area contributed by atoms with Gasteiger partial charge in [0.05, 0.1) is 5.69 Å². The summed E-state index contributed by atoms with van der Waals surface area (Å²) in [6.07, 6.45) is 0. The lowest BCUT2D eigenvalue weighted by Crippen LogP contribution is -2.41. The first-order valence-electron chi connectivity index (χ1n) is 15.9. The van der Waals surface area contributed by atoms with E-state index < -0.39 is 11.2 Å². The van der Waals surface area contributed by atoms with Gasteiger partial charge in [-0.3, -0.25) is 0 Å². The molecular weight excluding hydrogens is 580 g/mol. The zero-order chi connectivity index (χ0) is 32.2. The minimum absolute atomic E-state index is 0.559. The van der Waals surface area contributed by atoms with E-state index in [-0.39, 0.29) is 0 Å². The molecule has 1 aliphatic rings. The van der Waals surface area contributed by atoms with E-state index in [2.05, 4.69) is 66.7 Å². The maximum atomic E-state index is 6.43. The number of anilines is 1. The van der Waals surface area contributed by atoms with E-state index in [1.165, 1.54) is 16.2 Å². The third-order valence-electron chi connectivity index (χ3n) is 9.24. The summed E-state index contributed by atoms with van der Waals surface area (Å²) in [5.41, 5.74) is 4.37. The van der Waals surface area contributed by atoms with Gasteiger partial charge in [-0.2, -0.15) is 0 Å². The summed E-state index contributed by atoms with van der Waals surface area (Å²) in [5.74, 6) is 1.77. The molecule has 1 aromatic heterocycles. The van der Waals surface area contributed by atoms with Gasteiger partial charge in [-0.15, -0.1) is 5.23 Å². The molecule has 0 atom stereocenters. The summed E-state index contributed by atoms with van der Waals surface area (Å²) < 4.78 is 0. The maximum Gasteiger partial charge on any atom is 0.164 e. The fourth-order valence-corrected chi connectivity index (χ4v) is 5.99. The summed E-state index contributed by atoms with van der Waals surface area (Å²) in [5, 5.41) is 6.29. The molecule has 0 saturated carbocycles. The van der Waals surface area contributed by atoms with Crippen molar-refractivity contribution in [3.63, 3.8) is 0 Å². The van der Waals surface area contributed by atoms with Crippen LogP contribution in [-0.2, 0) is 9.68 Å². The van der Waals surface area contributed by atoms with Crippen LogP contribution in [0.2, 0.25) is 0 Å². The van der Waals surface area contributed by atoms with Crippen molar-refractivity contribution in [2.24, 2.45) is 0 Å². The van der Waals surface area contributed by atoms with Crippen LogP contribution in [0.1, 0.15) is 27.7 Å². The lowest BCUT2D eigenvalue weighted by Gasteiger charge is -2.26. The standard InChI is InChI=1S/C41H34N4O2/c1-40(2)41(3,4)47-45(46-40)32-24-30(36-26-29-19-11-12-20-33(29)34-21-13-14-22-35(34)36)23-31(25-32)39-43-37(27-15-7-5-8-16-27)42-38(44-39)28-17-9-6-10-18-28/h5-26H,1-4H3. The molecule has 6 aromatic carbocycles. The molecular formula is C41H34N4O2. The third-order valence-corrected chi connectivity index (χ3v) is 9.24. The van der Waals surface area contributed by atoms with Crippen LogP contribution in [-0.4, -0.2) is 26.2 Å². The Hall–Kier alpha value is -5.43. The van der Waals surface area contributed by atoms with Crippen LogP contribution in [0.25, 0.3) is 66.8 Å². The number of fused-ring (bicyclic) bond motifs is 3. The van der Waals surface area contributed by atoms with Crippen LogP contribution in [0.4, 0.5) is 5.69 Å². The van der Waals surface area contributed by atoms with E-state index in [1.54, 1.807) is 5.23 Å². The molecule has 47 heavy (non-hydrogen) atoms. The highest BCUT2D eigenvalue weighted by Crippen LogP contribution is 2.43. The van der Waals surface area contributed by atoms with Gasteiger partial charge in [-0.05, 0) is 84.6 Å². The highest BCUT2D eigenvalue weighted by molar-refractivity contribution is 6.14. The predicted molar refractivity (Wildman–Crippen MR) is 189 cm³/mol. The van der Waals surface area contributed by atoms with Gasteiger partial charge < -0.3 is 0 Å². The lowest BCUT2D eigenvalue weighted by atomic mass is 9.90. The monoisotopic (exact) mass is 614 g/mol. The Morgan fingerprint density at radius 1 is 0.447 bits per heavy atom. The SMILES string of the molecule is CC1(C)ON(c2cc(-c3nc(-c4ccccc4)nc(-c4ccccc4)n3)cc(-c3cc4ccccc4c4ccccc34)c2)OC1(C)C. The largest absolute Gasteiger partial charge is 0.239 e. The summed E-state index contributed by atoms with van der Waals surface area (Å²) in [7, 11) is 0. The van der Waals surface area contributed by atoms with Crippen molar-refractivity contribution in [1.82, 2.24) is 15.0 Å². The maximum absolute atomic E-state index is 6.43. The van der Waals surface area contributed by atoms with Crippen LogP contribution in [0.5, 0.6) is 0 Å². The Balaban J connectivity index is 1.39. The first-order valence-corrected chi connectivity index (χ1v) is 15.9. The minimum atomic E-state index is -0.563. The average Bonchev–Trinajstić information content (AvgIpc) is 3.34. The van der Waals surface area contributed by atoms with Crippen molar-refractivity contribution in [3.8, 4) is 45.3 Å². The van der Waals surface area contributed by atoms with Gasteiger partial charge in [0.1, 0.15) is 11.2 Å². The van der Waals surface area contributed by atoms with Crippen LogP contribution in [0.15, 0.2) is 133 Å². The highest BCUT2D eigenvalue weighted by atomic mass is 17.0. The molecule has 7 aromatic rings. The molecule has 2 heterocycles. The summed E-state index contributed by atoms with van der Waals surface area (Å²) in [6, 6.07) is 45.7. The Kier molecular flexibility index (Phi) is 6.86. The topological polar surface area (TPSA) is 60.4 Å². The van der Waals surface area contributed by atoms with E-state index in [0.29, 0.717) is 17.5 Å². The van der Waals surface area contributed by atoms with Gasteiger partial charge in [-0.1, -0.05) is 109 Å². The zero-order valence-corrected chi connectivity index (χ0v) is 26.8. The summed E-state index contributed by atoms with van der Waals surface area (Å²) in [4.78, 5) is 27.9. The van der Waals surface area contributed by atoms with Gasteiger partial charge >= 0.3 is 0 Å². The van der Waals surface area contributed by atoms with Gasteiger partial charge in [0.25, 0.3) is 0 Å². The highest BCUT2D eigenvalue weighted by Gasteiger charge is 2.50. The minimum Gasteiger partial charge on any atom is -0.239 e. The van der Waals surface area contributed by atoms with Crippen molar-refractivity contribution in [3.05, 3.63) is 133 Å². The second-order valence-corrected chi connectivity index (χ2v) is 13.0. The molecule has 6 heteroatoms. The molecule has 1 saturated heterocycles. The number of hydrogen-bond acceptors (Lipinski definition) is 6. The molecule has 6 nitrogen and oxygen atoms in total. The van der Waals surface area contributed by atoms with Crippen LogP contribution < -0.4 is 5.23 Å². The molecule has 1 fully saturated rings. The predicted octanol–water partition coefficient (Wildman–Crippen LogP) is 10.1. The van der Waals surface area contributed by atoms with Crippen LogP contribution >= 0.6 is 0 Å². The molecule has 1 aliphatic heterocycles. The van der Waals surface area contributed by atoms with E-state index in [1.807, 2.05) is 94.4 Å². The second-order valence-electron chi connectivity index (χ2n) is 13.0. The Morgan fingerprint density at radius 2 is 0.915 bits per heavy atom. The fraction of sp³-hybridized carbons (Fsp3) is 0.146. The summed E-state index contributed by atoms with van der Waals surface area (Å²) in [6.45, 7) is 8.16. The molecule has 0 N–H and O–H groups in total. The van der Waals surface area contributed by atoms with E-state index >= 15 is 0 Å². The molecule has 0 amide bonds. The van der Waals surface area contributed by atoms with Gasteiger partial charge in [0, 0.05) is 16.7 Å². The van der Waals surface area contributed by atoms with Crippen molar-refractivity contribution < 1.29 is 9.68 Å². The number of hydrogen-bond donors (Lipinski definition) is 0.